The van der Waals surface area contributed by atoms with Gasteiger partial charge in [0.2, 0.25) is 5.91 Å². The minimum absolute atomic E-state index is 0.0504. The molecule has 3 aromatic rings. The third kappa shape index (κ3) is 4.94. The number of nitrogens with one attached hydrogen (secondary N) is 1. The number of rotatable bonds is 8. The van der Waals surface area contributed by atoms with E-state index in [1.54, 1.807) is 17.6 Å². The number of nitrogens with zero attached hydrogens (tertiary/aromatic N) is 1. The van der Waals surface area contributed by atoms with Crippen LogP contribution in [0.3, 0.4) is 0 Å². The topological polar surface area (TPSA) is 63.9 Å². The molecule has 7 heteroatoms. The largest absolute Gasteiger partial charge is 0.486 e. The number of hydrogen-bond acceptors (Lipinski definition) is 6. The standard InChI is InChI=1S/C21H22N2O4S/c24-21(22-11-17-15-26-19-7-1-2-8-20(19)27-17)14-23(12-16-5-3-9-25-16)13-18-6-4-10-28-18/h1-10,17H,11-15H2,(H,22,24)/t17-/m0/s1. The number of furan rings is 1. The highest BCUT2D eigenvalue weighted by atomic mass is 32.1. The predicted octanol–water partition coefficient (Wildman–Crippen LogP) is 3.30. The van der Waals surface area contributed by atoms with Crippen LogP contribution in [0.25, 0.3) is 0 Å². The molecule has 3 heterocycles. The van der Waals surface area contributed by atoms with Crippen molar-refractivity contribution >= 4 is 17.2 Å². The molecule has 146 valence electrons. The van der Waals surface area contributed by atoms with Gasteiger partial charge in [0, 0.05) is 11.4 Å². The van der Waals surface area contributed by atoms with E-state index in [0.717, 1.165) is 11.5 Å². The smallest absolute Gasteiger partial charge is 0.234 e. The second-order valence-corrected chi connectivity index (χ2v) is 7.64. The minimum Gasteiger partial charge on any atom is -0.486 e. The lowest BCUT2D eigenvalue weighted by atomic mass is 10.2. The number of thiophene rings is 1. The van der Waals surface area contributed by atoms with Gasteiger partial charge in [-0.15, -0.1) is 11.3 Å². The first-order valence-electron chi connectivity index (χ1n) is 9.18. The molecule has 1 aliphatic rings. The molecule has 1 aromatic carbocycles. The number of ether oxygens (including phenoxy) is 2. The van der Waals surface area contributed by atoms with Gasteiger partial charge in [0.15, 0.2) is 11.5 Å². The highest BCUT2D eigenvalue weighted by Gasteiger charge is 2.21. The Labute approximate surface area is 167 Å². The number of carbonyl (C=O) groups is 1. The van der Waals surface area contributed by atoms with E-state index in [4.69, 9.17) is 13.9 Å². The zero-order chi connectivity index (χ0) is 19.2. The van der Waals surface area contributed by atoms with Crippen LogP contribution in [-0.2, 0) is 17.9 Å². The molecule has 0 bridgehead atoms. The lowest BCUT2D eigenvalue weighted by Crippen LogP contribution is -2.44. The summed E-state index contributed by atoms with van der Waals surface area (Å²) in [7, 11) is 0. The summed E-state index contributed by atoms with van der Waals surface area (Å²) >= 11 is 1.68. The molecule has 1 N–H and O–H groups in total. The highest BCUT2D eigenvalue weighted by Crippen LogP contribution is 2.30. The van der Waals surface area contributed by atoms with Crippen molar-refractivity contribution in [3.05, 3.63) is 70.8 Å². The van der Waals surface area contributed by atoms with Crippen LogP contribution in [0.4, 0.5) is 0 Å². The summed E-state index contributed by atoms with van der Waals surface area (Å²) in [4.78, 5) is 15.8. The van der Waals surface area contributed by atoms with Crippen molar-refractivity contribution < 1.29 is 18.7 Å². The summed E-state index contributed by atoms with van der Waals surface area (Å²) in [5.41, 5.74) is 0. The number of carbonyl (C=O) groups excluding carboxylic acids is 1. The van der Waals surface area contributed by atoms with Crippen molar-refractivity contribution in [2.75, 3.05) is 19.7 Å². The van der Waals surface area contributed by atoms with Crippen molar-refractivity contribution in [1.29, 1.82) is 0 Å². The van der Waals surface area contributed by atoms with Gasteiger partial charge in [-0.2, -0.15) is 0 Å². The quantitative estimate of drug-likeness (QED) is 0.631. The average Bonchev–Trinajstić information content (AvgIpc) is 3.40. The molecule has 6 nitrogen and oxygen atoms in total. The number of hydrogen-bond donors (Lipinski definition) is 1. The average molecular weight is 398 g/mol. The Morgan fingerprint density at radius 1 is 1.11 bits per heavy atom. The van der Waals surface area contributed by atoms with Gasteiger partial charge in [-0.25, -0.2) is 0 Å². The van der Waals surface area contributed by atoms with Crippen molar-refractivity contribution in [2.45, 2.75) is 19.2 Å². The highest BCUT2D eigenvalue weighted by molar-refractivity contribution is 7.09. The van der Waals surface area contributed by atoms with Gasteiger partial charge >= 0.3 is 0 Å². The molecular weight excluding hydrogens is 376 g/mol. The minimum atomic E-state index is -0.199. The van der Waals surface area contributed by atoms with Crippen LogP contribution in [0.2, 0.25) is 0 Å². The first-order valence-corrected chi connectivity index (χ1v) is 10.1. The number of fused-ring (bicyclic) bond motifs is 1. The SMILES string of the molecule is O=C(CN(Cc1ccco1)Cc1cccs1)NC[C@H]1COc2ccccc2O1. The second kappa shape index (κ2) is 8.95. The lowest BCUT2D eigenvalue weighted by molar-refractivity contribution is -0.123. The molecular formula is C21H22N2O4S. The van der Waals surface area contributed by atoms with E-state index in [0.29, 0.717) is 32.0 Å². The Hall–Kier alpha value is -2.77. The molecule has 0 radical (unpaired) electrons. The van der Waals surface area contributed by atoms with Crippen LogP contribution >= 0.6 is 11.3 Å². The molecule has 4 rings (SSSR count). The summed E-state index contributed by atoms with van der Waals surface area (Å²) in [6.45, 7) is 2.38. The van der Waals surface area contributed by atoms with E-state index >= 15 is 0 Å². The molecule has 1 atom stereocenters. The summed E-state index contributed by atoms with van der Waals surface area (Å²) in [6.07, 6.45) is 1.45. The molecule has 0 unspecified atom stereocenters. The lowest BCUT2D eigenvalue weighted by Gasteiger charge is -2.27. The Bertz CT molecular complexity index is 843. The zero-order valence-corrected chi connectivity index (χ0v) is 16.2. The van der Waals surface area contributed by atoms with Crippen LogP contribution in [0.15, 0.2) is 64.6 Å². The van der Waals surface area contributed by atoms with Gasteiger partial charge in [-0.3, -0.25) is 9.69 Å². The van der Waals surface area contributed by atoms with Gasteiger partial charge in [0.25, 0.3) is 0 Å². The molecule has 28 heavy (non-hydrogen) atoms. The third-order valence-corrected chi connectivity index (χ3v) is 5.24. The second-order valence-electron chi connectivity index (χ2n) is 6.61. The first kappa shape index (κ1) is 18.6. The Morgan fingerprint density at radius 3 is 2.79 bits per heavy atom. The fourth-order valence-corrected chi connectivity index (χ4v) is 3.81. The number of para-hydroxylation sites is 2. The number of benzene rings is 1. The van der Waals surface area contributed by atoms with E-state index in [1.807, 2.05) is 47.8 Å². The van der Waals surface area contributed by atoms with Crippen molar-refractivity contribution in [2.24, 2.45) is 0 Å². The summed E-state index contributed by atoms with van der Waals surface area (Å²) in [6, 6.07) is 15.4. The zero-order valence-electron chi connectivity index (χ0n) is 15.4. The fraction of sp³-hybridized carbons (Fsp3) is 0.286. The molecule has 2 aromatic heterocycles. The molecule has 0 spiro atoms. The van der Waals surface area contributed by atoms with Gasteiger partial charge in [0.05, 0.1) is 25.9 Å². The maximum absolute atomic E-state index is 12.5. The summed E-state index contributed by atoms with van der Waals surface area (Å²) in [5.74, 6) is 2.24. The van der Waals surface area contributed by atoms with Crippen LogP contribution in [-0.4, -0.2) is 36.6 Å². The van der Waals surface area contributed by atoms with Gasteiger partial charge in [-0.1, -0.05) is 18.2 Å². The van der Waals surface area contributed by atoms with E-state index in [9.17, 15) is 4.79 Å². The Morgan fingerprint density at radius 2 is 2.00 bits per heavy atom. The molecule has 0 saturated carbocycles. The monoisotopic (exact) mass is 398 g/mol. The van der Waals surface area contributed by atoms with Crippen LogP contribution in [0, 0.1) is 0 Å². The van der Waals surface area contributed by atoms with Gasteiger partial charge < -0.3 is 19.2 Å². The maximum Gasteiger partial charge on any atom is 0.234 e. The summed E-state index contributed by atoms with van der Waals surface area (Å²) < 4.78 is 17.0. The number of amides is 1. The molecule has 1 amide bonds. The maximum atomic E-state index is 12.5. The van der Waals surface area contributed by atoms with Crippen molar-refractivity contribution in [3.8, 4) is 11.5 Å². The molecule has 0 fully saturated rings. The van der Waals surface area contributed by atoms with Gasteiger partial charge in [-0.05, 0) is 35.7 Å². The van der Waals surface area contributed by atoms with E-state index < -0.39 is 0 Å². The predicted molar refractivity (Wildman–Crippen MR) is 107 cm³/mol. The first-order chi connectivity index (χ1) is 13.8. The van der Waals surface area contributed by atoms with Gasteiger partial charge in [0.1, 0.15) is 18.5 Å². The molecule has 1 aliphatic heterocycles. The van der Waals surface area contributed by atoms with Crippen molar-refractivity contribution in [1.82, 2.24) is 10.2 Å². The fourth-order valence-electron chi connectivity index (χ4n) is 3.06. The summed E-state index contributed by atoms with van der Waals surface area (Å²) in [5, 5.41) is 5.00. The van der Waals surface area contributed by atoms with Crippen LogP contribution in [0.1, 0.15) is 10.6 Å². The van der Waals surface area contributed by atoms with Crippen molar-refractivity contribution in [3.63, 3.8) is 0 Å². The normalized spacial score (nSPS) is 15.5. The molecule has 0 aliphatic carbocycles. The van der Waals surface area contributed by atoms with E-state index in [1.165, 1.54) is 4.88 Å². The molecule has 0 saturated heterocycles. The van der Waals surface area contributed by atoms with E-state index in [2.05, 4.69) is 16.3 Å². The van der Waals surface area contributed by atoms with Crippen LogP contribution < -0.4 is 14.8 Å². The Kier molecular flexibility index (Phi) is 5.94. The Balaban J connectivity index is 1.30. The van der Waals surface area contributed by atoms with E-state index in [-0.39, 0.29) is 18.6 Å². The van der Waals surface area contributed by atoms with Crippen LogP contribution in [0.5, 0.6) is 11.5 Å². The third-order valence-electron chi connectivity index (χ3n) is 4.38.